The van der Waals surface area contributed by atoms with Gasteiger partial charge < -0.3 is 14.3 Å². The van der Waals surface area contributed by atoms with E-state index < -0.39 is 17.2 Å². The maximum absolute atomic E-state index is 13.8. The first-order valence-electron chi connectivity index (χ1n) is 6.60. The van der Waals surface area contributed by atoms with Crippen LogP contribution >= 0.6 is 0 Å². The highest BCUT2D eigenvalue weighted by molar-refractivity contribution is 5.83. The number of phenolic OH excluding ortho intramolecular Hbond substituents is 1. The monoisotopic (exact) mass is 299 g/mol. The largest absolute Gasteiger partial charge is 0.505 e. The standard InChI is InChI=1S/C16H10FNO4/c17-14-12(19)6-5-9-7-11(16(20)22-15(9)14)18-8-21-13-4-2-1-3-10(13)18/h1-7,19H,8H2. The Labute approximate surface area is 123 Å². The van der Waals surface area contributed by atoms with E-state index in [1.165, 1.54) is 18.2 Å². The van der Waals surface area contributed by atoms with Crippen LogP contribution in [0.1, 0.15) is 0 Å². The number of fused-ring (bicyclic) bond motifs is 2. The molecule has 1 aromatic heterocycles. The van der Waals surface area contributed by atoms with Gasteiger partial charge in [-0.3, -0.25) is 4.90 Å². The summed E-state index contributed by atoms with van der Waals surface area (Å²) < 4.78 is 24.4. The summed E-state index contributed by atoms with van der Waals surface area (Å²) in [6.45, 7) is 0.177. The predicted octanol–water partition coefficient (Wildman–Crippen LogP) is 3.13. The van der Waals surface area contributed by atoms with E-state index in [0.29, 0.717) is 11.1 Å². The van der Waals surface area contributed by atoms with E-state index in [9.17, 15) is 14.3 Å². The lowest BCUT2D eigenvalue weighted by molar-refractivity contribution is 0.356. The second kappa shape index (κ2) is 4.49. The molecule has 0 atom stereocenters. The third-order valence-corrected chi connectivity index (χ3v) is 3.60. The molecule has 0 unspecified atom stereocenters. The van der Waals surface area contributed by atoms with Crippen molar-refractivity contribution in [2.24, 2.45) is 0 Å². The van der Waals surface area contributed by atoms with E-state index in [2.05, 4.69) is 0 Å². The molecule has 1 N–H and O–H groups in total. The zero-order chi connectivity index (χ0) is 15.3. The molecule has 0 spiro atoms. The van der Waals surface area contributed by atoms with Gasteiger partial charge >= 0.3 is 5.63 Å². The van der Waals surface area contributed by atoms with Crippen LogP contribution in [-0.2, 0) is 0 Å². The molecular formula is C16H10FNO4. The summed E-state index contributed by atoms with van der Waals surface area (Å²) in [4.78, 5) is 13.8. The first-order chi connectivity index (χ1) is 10.6. The number of rotatable bonds is 1. The van der Waals surface area contributed by atoms with Crippen molar-refractivity contribution in [2.75, 3.05) is 11.6 Å². The molecule has 6 heteroatoms. The SMILES string of the molecule is O=c1oc2c(F)c(O)ccc2cc1N1COc2ccccc21. The molecule has 3 aromatic rings. The van der Waals surface area contributed by atoms with Crippen molar-refractivity contribution in [3.63, 3.8) is 0 Å². The molecule has 0 radical (unpaired) electrons. The average Bonchev–Trinajstić information content (AvgIpc) is 2.95. The van der Waals surface area contributed by atoms with Crippen molar-refractivity contribution in [1.82, 2.24) is 0 Å². The van der Waals surface area contributed by atoms with Crippen LogP contribution in [0, 0.1) is 5.82 Å². The van der Waals surface area contributed by atoms with Crippen LogP contribution in [0.25, 0.3) is 11.0 Å². The van der Waals surface area contributed by atoms with Crippen molar-refractivity contribution in [2.45, 2.75) is 0 Å². The van der Waals surface area contributed by atoms with Crippen LogP contribution in [-0.4, -0.2) is 11.8 Å². The highest BCUT2D eigenvalue weighted by Gasteiger charge is 2.25. The summed E-state index contributed by atoms with van der Waals surface area (Å²) in [5.74, 6) is -0.837. The van der Waals surface area contributed by atoms with E-state index in [0.717, 1.165) is 5.69 Å². The third-order valence-electron chi connectivity index (χ3n) is 3.60. The van der Waals surface area contributed by atoms with E-state index >= 15 is 0 Å². The number of aromatic hydroxyl groups is 1. The maximum atomic E-state index is 13.8. The fourth-order valence-corrected chi connectivity index (χ4v) is 2.52. The lowest BCUT2D eigenvalue weighted by Crippen LogP contribution is -2.22. The molecule has 5 nitrogen and oxygen atoms in total. The van der Waals surface area contributed by atoms with Gasteiger partial charge in [0.2, 0.25) is 5.82 Å². The van der Waals surface area contributed by atoms with Crippen LogP contribution in [0.5, 0.6) is 11.5 Å². The van der Waals surface area contributed by atoms with Gasteiger partial charge in [-0.25, -0.2) is 4.79 Å². The molecule has 2 heterocycles. The van der Waals surface area contributed by atoms with Gasteiger partial charge in [0.25, 0.3) is 0 Å². The summed E-state index contributed by atoms with van der Waals surface area (Å²) in [7, 11) is 0. The Kier molecular flexibility index (Phi) is 2.59. The zero-order valence-electron chi connectivity index (χ0n) is 11.2. The topological polar surface area (TPSA) is 62.9 Å². The molecule has 22 heavy (non-hydrogen) atoms. The second-order valence-electron chi connectivity index (χ2n) is 4.91. The fraction of sp³-hybridized carbons (Fsp3) is 0.0625. The van der Waals surface area contributed by atoms with E-state index in [1.54, 1.807) is 11.0 Å². The van der Waals surface area contributed by atoms with Gasteiger partial charge in [0, 0.05) is 5.39 Å². The Morgan fingerprint density at radius 2 is 1.95 bits per heavy atom. The minimum Gasteiger partial charge on any atom is -0.505 e. The number of anilines is 2. The van der Waals surface area contributed by atoms with Crippen LogP contribution in [0.15, 0.2) is 51.7 Å². The Bertz CT molecular complexity index is 951. The first-order valence-corrected chi connectivity index (χ1v) is 6.60. The van der Waals surface area contributed by atoms with Crippen LogP contribution in [0.2, 0.25) is 0 Å². The van der Waals surface area contributed by atoms with Crippen LogP contribution in [0.3, 0.4) is 0 Å². The second-order valence-corrected chi connectivity index (χ2v) is 4.91. The molecule has 110 valence electrons. The smallest absolute Gasteiger partial charge is 0.360 e. The summed E-state index contributed by atoms with van der Waals surface area (Å²) in [5, 5.41) is 9.74. The normalized spacial score (nSPS) is 13.2. The number of hydrogen-bond acceptors (Lipinski definition) is 5. The van der Waals surface area contributed by atoms with Gasteiger partial charge in [-0.1, -0.05) is 12.1 Å². The Hall–Kier alpha value is -3.02. The van der Waals surface area contributed by atoms with E-state index in [4.69, 9.17) is 9.15 Å². The lowest BCUT2D eigenvalue weighted by Gasteiger charge is -2.15. The van der Waals surface area contributed by atoms with Crippen molar-refractivity contribution < 1.29 is 18.7 Å². The highest BCUT2D eigenvalue weighted by atomic mass is 19.1. The number of para-hydroxylation sites is 2. The van der Waals surface area contributed by atoms with Gasteiger partial charge in [0.05, 0.1) is 5.69 Å². The summed E-state index contributed by atoms with van der Waals surface area (Å²) in [6, 6.07) is 11.5. The van der Waals surface area contributed by atoms with Crippen LogP contribution < -0.4 is 15.3 Å². The first kappa shape index (κ1) is 12.7. The van der Waals surface area contributed by atoms with Gasteiger partial charge in [0.1, 0.15) is 11.4 Å². The molecule has 4 rings (SSSR count). The third kappa shape index (κ3) is 1.74. The van der Waals surface area contributed by atoms with Crippen molar-refractivity contribution in [3.8, 4) is 11.5 Å². The Balaban J connectivity index is 1.92. The Morgan fingerprint density at radius 1 is 1.14 bits per heavy atom. The zero-order valence-corrected chi connectivity index (χ0v) is 11.2. The Morgan fingerprint density at radius 3 is 2.82 bits per heavy atom. The minimum absolute atomic E-state index is 0.177. The van der Waals surface area contributed by atoms with Crippen molar-refractivity contribution in [1.29, 1.82) is 0 Å². The highest BCUT2D eigenvalue weighted by Crippen LogP contribution is 2.38. The predicted molar refractivity (Wildman–Crippen MR) is 78.2 cm³/mol. The maximum Gasteiger partial charge on any atom is 0.360 e. The molecule has 0 saturated carbocycles. The summed E-state index contributed by atoms with van der Waals surface area (Å²) in [5.41, 5.74) is 0.0374. The number of hydrogen-bond donors (Lipinski definition) is 1. The van der Waals surface area contributed by atoms with E-state index in [-0.39, 0.29) is 18.0 Å². The molecule has 1 aliphatic heterocycles. The molecule has 2 aromatic carbocycles. The van der Waals surface area contributed by atoms with Crippen LogP contribution in [0.4, 0.5) is 15.8 Å². The number of ether oxygens (including phenoxy) is 1. The van der Waals surface area contributed by atoms with Gasteiger partial charge in [0.15, 0.2) is 18.1 Å². The quantitative estimate of drug-likeness (QED) is 0.699. The lowest BCUT2D eigenvalue weighted by atomic mass is 10.2. The molecule has 0 amide bonds. The number of phenols is 1. The van der Waals surface area contributed by atoms with Gasteiger partial charge in [-0.15, -0.1) is 0 Å². The molecule has 0 bridgehead atoms. The number of benzene rings is 2. The van der Waals surface area contributed by atoms with E-state index in [1.807, 2.05) is 18.2 Å². The van der Waals surface area contributed by atoms with Crippen molar-refractivity contribution in [3.05, 3.63) is 58.7 Å². The molecule has 1 aliphatic rings. The summed E-state index contributed by atoms with van der Waals surface area (Å²) >= 11 is 0. The minimum atomic E-state index is -0.945. The molecular weight excluding hydrogens is 289 g/mol. The molecule has 0 saturated heterocycles. The summed E-state index contributed by atoms with van der Waals surface area (Å²) in [6.07, 6.45) is 0. The van der Waals surface area contributed by atoms with Crippen molar-refractivity contribution >= 4 is 22.3 Å². The average molecular weight is 299 g/mol. The van der Waals surface area contributed by atoms with Gasteiger partial charge in [-0.2, -0.15) is 4.39 Å². The number of halogens is 1. The van der Waals surface area contributed by atoms with Gasteiger partial charge in [-0.05, 0) is 30.3 Å². The number of nitrogens with zero attached hydrogens (tertiary/aromatic N) is 1. The molecule has 0 fully saturated rings. The molecule has 0 aliphatic carbocycles. The fourth-order valence-electron chi connectivity index (χ4n) is 2.52.